The summed E-state index contributed by atoms with van der Waals surface area (Å²) < 4.78 is 0. The lowest BCUT2D eigenvalue weighted by Crippen LogP contribution is -2.18. The fraction of sp³-hybridized carbons (Fsp3) is 0.412. The van der Waals surface area contributed by atoms with Gasteiger partial charge in [-0.2, -0.15) is 17.0 Å². The summed E-state index contributed by atoms with van der Waals surface area (Å²) >= 11 is 2.04. The quantitative estimate of drug-likeness (QED) is 0.919. The second-order valence-electron chi connectivity index (χ2n) is 5.42. The molecule has 1 aromatic carbocycles. The molecule has 0 radical (unpaired) electrons. The highest BCUT2D eigenvalue weighted by molar-refractivity contribution is 7.99. The molecular formula is C17H19N3S. The van der Waals surface area contributed by atoms with Gasteiger partial charge in [0.2, 0.25) is 0 Å². The molecule has 0 amide bonds. The van der Waals surface area contributed by atoms with Crippen LogP contribution in [0, 0.1) is 11.3 Å². The van der Waals surface area contributed by atoms with Crippen LogP contribution in [-0.2, 0) is 0 Å². The van der Waals surface area contributed by atoms with Crippen LogP contribution in [0.5, 0.6) is 0 Å². The van der Waals surface area contributed by atoms with Crippen molar-refractivity contribution in [2.45, 2.75) is 37.5 Å². The van der Waals surface area contributed by atoms with Gasteiger partial charge in [-0.1, -0.05) is 25.1 Å². The Morgan fingerprint density at radius 2 is 2.24 bits per heavy atom. The van der Waals surface area contributed by atoms with Crippen LogP contribution in [0.2, 0.25) is 0 Å². The number of benzene rings is 1. The topological polar surface area (TPSA) is 48.7 Å². The van der Waals surface area contributed by atoms with E-state index in [1.807, 2.05) is 42.1 Å². The summed E-state index contributed by atoms with van der Waals surface area (Å²) in [6, 6.07) is 12.6. The average Bonchev–Trinajstić information content (AvgIpc) is 2.94. The number of nitrogens with zero attached hydrogens (tertiary/aromatic N) is 2. The first-order chi connectivity index (χ1) is 10.3. The van der Waals surface area contributed by atoms with Gasteiger partial charge in [-0.25, -0.2) is 4.98 Å². The van der Waals surface area contributed by atoms with Crippen LogP contribution >= 0.6 is 11.8 Å². The van der Waals surface area contributed by atoms with Crippen molar-refractivity contribution in [3.05, 3.63) is 35.9 Å². The van der Waals surface area contributed by atoms with E-state index in [9.17, 15) is 5.26 Å². The van der Waals surface area contributed by atoms with Gasteiger partial charge in [-0.05, 0) is 37.1 Å². The van der Waals surface area contributed by atoms with E-state index in [2.05, 4.69) is 23.3 Å². The van der Waals surface area contributed by atoms with E-state index in [1.54, 1.807) is 0 Å². The minimum Gasteiger partial charge on any atom is -0.366 e. The maximum absolute atomic E-state index is 9.35. The number of nitriles is 1. The van der Waals surface area contributed by atoms with Crippen LogP contribution in [0.1, 0.15) is 31.7 Å². The van der Waals surface area contributed by atoms with E-state index >= 15 is 0 Å². The Labute approximate surface area is 129 Å². The smallest absolute Gasteiger partial charge is 0.144 e. The van der Waals surface area contributed by atoms with Crippen LogP contribution in [0.4, 0.5) is 5.82 Å². The Bertz CT molecular complexity index is 677. The molecule has 0 saturated heterocycles. The number of pyridine rings is 1. The molecular weight excluding hydrogens is 278 g/mol. The summed E-state index contributed by atoms with van der Waals surface area (Å²) in [7, 11) is 0. The Morgan fingerprint density at radius 1 is 1.38 bits per heavy atom. The second kappa shape index (κ2) is 6.36. The van der Waals surface area contributed by atoms with E-state index in [-0.39, 0.29) is 0 Å². The Balaban J connectivity index is 1.82. The summed E-state index contributed by atoms with van der Waals surface area (Å²) in [5.41, 5.74) is 1.58. The lowest BCUT2D eigenvalue weighted by atomic mass is 10.1. The molecule has 108 valence electrons. The van der Waals surface area contributed by atoms with Gasteiger partial charge in [-0.15, -0.1) is 0 Å². The summed E-state index contributed by atoms with van der Waals surface area (Å²) in [6.45, 7) is 2.21. The third kappa shape index (κ3) is 3.14. The first kappa shape index (κ1) is 14.2. The number of fused-ring (bicyclic) bond motifs is 1. The van der Waals surface area contributed by atoms with Crippen molar-refractivity contribution < 1.29 is 0 Å². The third-order valence-corrected chi connectivity index (χ3v) is 5.21. The summed E-state index contributed by atoms with van der Waals surface area (Å²) in [6.07, 6.45) is 3.58. The van der Waals surface area contributed by atoms with E-state index < -0.39 is 0 Å². The summed E-state index contributed by atoms with van der Waals surface area (Å²) in [4.78, 5) is 4.64. The highest BCUT2D eigenvalue weighted by atomic mass is 32.2. The molecule has 0 spiro atoms. The predicted molar refractivity (Wildman–Crippen MR) is 89.6 cm³/mol. The molecule has 2 aromatic rings. The minimum atomic E-state index is 0.440. The monoisotopic (exact) mass is 297 g/mol. The van der Waals surface area contributed by atoms with Gasteiger partial charge in [-0.3, -0.25) is 0 Å². The number of rotatable bonds is 4. The zero-order valence-corrected chi connectivity index (χ0v) is 13.0. The Kier molecular flexibility index (Phi) is 4.31. The SMILES string of the molecule is CCSC1CCC(Nc2nc3ccccc3cc2C#N)C1. The third-order valence-electron chi connectivity index (χ3n) is 3.97. The molecule has 4 heteroatoms. The van der Waals surface area contributed by atoms with Crippen molar-refractivity contribution >= 4 is 28.5 Å². The van der Waals surface area contributed by atoms with Gasteiger partial charge in [0.05, 0.1) is 11.1 Å². The first-order valence-corrected chi connectivity index (χ1v) is 8.53. The lowest BCUT2D eigenvalue weighted by molar-refractivity contribution is 0.752. The van der Waals surface area contributed by atoms with Gasteiger partial charge < -0.3 is 5.32 Å². The number of para-hydroxylation sites is 1. The van der Waals surface area contributed by atoms with Crippen LogP contribution < -0.4 is 5.32 Å². The number of hydrogen-bond acceptors (Lipinski definition) is 4. The molecule has 1 saturated carbocycles. The van der Waals surface area contributed by atoms with Crippen LogP contribution in [0.3, 0.4) is 0 Å². The number of aromatic nitrogens is 1. The van der Waals surface area contributed by atoms with Crippen molar-refractivity contribution in [3.63, 3.8) is 0 Å². The predicted octanol–water partition coefficient (Wildman–Crippen LogP) is 4.19. The van der Waals surface area contributed by atoms with E-state index in [1.165, 1.54) is 12.2 Å². The molecule has 3 rings (SSSR count). The molecule has 1 N–H and O–H groups in total. The molecule has 2 atom stereocenters. The van der Waals surface area contributed by atoms with Crippen LogP contribution in [-0.4, -0.2) is 22.0 Å². The van der Waals surface area contributed by atoms with Gasteiger partial charge in [0.1, 0.15) is 11.9 Å². The summed E-state index contributed by atoms with van der Waals surface area (Å²) in [5.74, 6) is 1.91. The fourth-order valence-electron chi connectivity index (χ4n) is 2.96. The molecule has 21 heavy (non-hydrogen) atoms. The molecule has 1 aromatic heterocycles. The Hall–Kier alpha value is -1.73. The van der Waals surface area contributed by atoms with E-state index in [0.29, 0.717) is 11.6 Å². The van der Waals surface area contributed by atoms with Gasteiger partial charge >= 0.3 is 0 Å². The van der Waals surface area contributed by atoms with Gasteiger partial charge in [0.15, 0.2) is 0 Å². The van der Waals surface area contributed by atoms with Crippen molar-refractivity contribution in [2.75, 3.05) is 11.1 Å². The molecule has 1 heterocycles. The van der Waals surface area contributed by atoms with E-state index in [4.69, 9.17) is 0 Å². The fourth-order valence-corrected chi connectivity index (χ4v) is 4.11. The molecule has 1 aliphatic carbocycles. The number of nitrogens with one attached hydrogen (secondary N) is 1. The minimum absolute atomic E-state index is 0.440. The van der Waals surface area contributed by atoms with Crippen molar-refractivity contribution in [3.8, 4) is 6.07 Å². The lowest BCUT2D eigenvalue weighted by Gasteiger charge is -2.15. The summed E-state index contributed by atoms with van der Waals surface area (Å²) in [5, 5.41) is 14.6. The number of thioether (sulfide) groups is 1. The largest absolute Gasteiger partial charge is 0.366 e. The number of anilines is 1. The van der Waals surface area contributed by atoms with E-state index in [0.717, 1.165) is 34.8 Å². The van der Waals surface area contributed by atoms with Crippen molar-refractivity contribution in [1.82, 2.24) is 4.98 Å². The molecule has 1 aliphatic rings. The van der Waals surface area contributed by atoms with Crippen molar-refractivity contribution in [1.29, 1.82) is 5.26 Å². The standard InChI is InChI=1S/C17H19N3S/c1-2-21-15-8-7-14(10-15)19-17-13(11-18)9-12-5-3-4-6-16(12)20-17/h3-6,9,14-15H,2,7-8,10H2,1H3,(H,19,20). The molecule has 3 nitrogen and oxygen atoms in total. The average molecular weight is 297 g/mol. The molecule has 0 aliphatic heterocycles. The second-order valence-corrected chi connectivity index (χ2v) is 7.00. The van der Waals surface area contributed by atoms with Crippen LogP contribution in [0.15, 0.2) is 30.3 Å². The maximum Gasteiger partial charge on any atom is 0.144 e. The normalized spacial score (nSPS) is 21.3. The highest BCUT2D eigenvalue weighted by Crippen LogP contribution is 2.32. The Morgan fingerprint density at radius 3 is 3.05 bits per heavy atom. The molecule has 0 bridgehead atoms. The van der Waals surface area contributed by atoms with Gasteiger partial charge in [0, 0.05) is 16.7 Å². The first-order valence-electron chi connectivity index (χ1n) is 7.48. The molecule has 1 fully saturated rings. The maximum atomic E-state index is 9.35. The molecule has 2 unspecified atom stereocenters. The van der Waals surface area contributed by atoms with Crippen molar-refractivity contribution in [2.24, 2.45) is 0 Å². The van der Waals surface area contributed by atoms with Crippen LogP contribution in [0.25, 0.3) is 10.9 Å². The highest BCUT2D eigenvalue weighted by Gasteiger charge is 2.25. The number of hydrogen-bond donors (Lipinski definition) is 1. The zero-order valence-electron chi connectivity index (χ0n) is 12.2. The zero-order chi connectivity index (χ0) is 14.7. The van der Waals surface area contributed by atoms with Gasteiger partial charge in [0.25, 0.3) is 0 Å².